The van der Waals surface area contributed by atoms with Crippen molar-refractivity contribution in [3.63, 3.8) is 0 Å². The van der Waals surface area contributed by atoms with E-state index in [0.717, 1.165) is 0 Å². The Morgan fingerprint density at radius 2 is 1.97 bits per heavy atom. The summed E-state index contributed by atoms with van der Waals surface area (Å²) in [7, 11) is 1.82. The molecule has 2 aromatic heterocycles. The predicted molar refractivity (Wildman–Crippen MR) is 118 cm³/mol. The van der Waals surface area contributed by atoms with E-state index in [0.29, 0.717) is 22.3 Å². The first kappa shape index (κ1) is 20.7. The van der Waals surface area contributed by atoms with Gasteiger partial charge in [-0.05, 0) is 42.0 Å². The van der Waals surface area contributed by atoms with Crippen LogP contribution in [0.15, 0.2) is 65.7 Å². The van der Waals surface area contributed by atoms with Gasteiger partial charge in [-0.25, -0.2) is 9.37 Å². The minimum Gasteiger partial charge on any atom is -0.342 e. The van der Waals surface area contributed by atoms with Crippen LogP contribution in [-0.4, -0.2) is 25.0 Å². The van der Waals surface area contributed by atoms with Crippen molar-refractivity contribution >= 4 is 29.0 Å². The molecular weight excluding hydrogens is 417 g/mol. The van der Waals surface area contributed by atoms with Crippen LogP contribution in [0.4, 0.5) is 4.39 Å². The number of hydrogen-bond donors (Lipinski definition) is 2. The molecule has 0 radical (unpaired) electrons. The number of H-pyrrole nitrogens is 1. The van der Waals surface area contributed by atoms with Crippen LogP contribution in [0.25, 0.3) is 10.9 Å². The molecule has 1 amide bonds. The summed E-state index contributed by atoms with van der Waals surface area (Å²) in [5.74, 6) is -0.0366. The molecule has 0 saturated heterocycles. The minimum atomic E-state index is -0.559. The summed E-state index contributed by atoms with van der Waals surface area (Å²) in [6.07, 6.45) is 3.44. The number of nitrogens with one attached hydrogen (secondary N) is 2. The lowest BCUT2D eigenvalue weighted by atomic mass is 10.1. The number of imidazole rings is 1. The normalized spacial score (nSPS) is 12.1. The molecule has 0 bridgehead atoms. The summed E-state index contributed by atoms with van der Waals surface area (Å²) in [6.45, 7) is 0.127. The van der Waals surface area contributed by atoms with Crippen molar-refractivity contribution in [3.05, 3.63) is 93.3 Å². The predicted octanol–water partition coefficient (Wildman–Crippen LogP) is 3.23. The van der Waals surface area contributed by atoms with Crippen molar-refractivity contribution in [1.29, 1.82) is 0 Å². The summed E-state index contributed by atoms with van der Waals surface area (Å²) < 4.78 is 16.8. The molecule has 0 spiro atoms. The van der Waals surface area contributed by atoms with E-state index >= 15 is 0 Å². The van der Waals surface area contributed by atoms with Gasteiger partial charge in [0.2, 0.25) is 5.91 Å². The van der Waals surface area contributed by atoms with Crippen LogP contribution in [0.2, 0.25) is 0 Å². The molecule has 158 valence electrons. The van der Waals surface area contributed by atoms with Gasteiger partial charge in [-0.2, -0.15) is 0 Å². The summed E-state index contributed by atoms with van der Waals surface area (Å²) in [5, 5.41) is 3.45. The first-order chi connectivity index (χ1) is 14.9. The van der Waals surface area contributed by atoms with Crippen molar-refractivity contribution in [1.82, 2.24) is 24.4 Å². The third-order valence-electron chi connectivity index (χ3n) is 5.08. The second kappa shape index (κ2) is 8.65. The van der Waals surface area contributed by atoms with Crippen molar-refractivity contribution in [2.24, 2.45) is 7.05 Å². The number of aryl methyl sites for hydroxylation is 1. The fourth-order valence-corrected chi connectivity index (χ4v) is 3.74. The van der Waals surface area contributed by atoms with Crippen LogP contribution < -0.4 is 10.9 Å². The van der Waals surface area contributed by atoms with E-state index in [2.05, 4.69) is 15.3 Å². The van der Waals surface area contributed by atoms with Crippen LogP contribution >= 0.6 is 12.2 Å². The Hall–Kier alpha value is -3.59. The number of nitrogens with zero attached hydrogens (tertiary/aromatic N) is 3. The second-order valence-electron chi connectivity index (χ2n) is 7.13. The molecule has 0 saturated carbocycles. The maximum absolute atomic E-state index is 13.4. The molecule has 2 N–H and O–H groups in total. The molecule has 1 atom stereocenters. The Bertz CT molecular complexity index is 1360. The minimum absolute atomic E-state index is 0.0395. The fraction of sp³-hybridized carbons (Fsp3) is 0.182. The lowest BCUT2D eigenvalue weighted by Crippen LogP contribution is -2.33. The Labute approximate surface area is 182 Å². The zero-order valence-corrected chi connectivity index (χ0v) is 17.5. The van der Waals surface area contributed by atoms with E-state index in [1.807, 2.05) is 13.1 Å². The highest BCUT2D eigenvalue weighted by atomic mass is 32.1. The number of fused-ring (bicyclic) bond motifs is 1. The van der Waals surface area contributed by atoms with E-state index in [1.165, 1.54) is 16.7 Å². The zero-order chi connectivity index (χ0) is 22.0. The molecule has 0 unspecified atom stereocenters. The zero-order valence-electron chi connectivity index (χ0n) is 16.7. The second-order valence-corrected chi connectivity index (χ2v) is 7.52. The SMILES string of the molecule is Cn1ccnc1[C@@H](NC(=O)CCn1c(=S)[nH]c2ccccc2c1=O)c1ccc(F)cc1. The maximum Gasteiger partial charge on any atom is 0.262 e. The van der Waals surface area contributed by atoms with Gasteiger partial charge >= 0.3 is 0 Å². The van der Waals surface area contributed by atoms with E-state index in [4.69, 9.17) is 12.2 Å². The molecule has 4 aromatic rings. The first-order valence-electron chi connectivity index (χ1n) is 9.68. The lowest BCUT2D eigenvalue weighted by Gasteiger charge is -2.19. The Morgan fingerprint density at radius 3 is 2.68 bits per heavy atom. The number of carbonyl (C=O) groups is 1. The van der Waals surface area contributed by atoms with E-state index < -0.39 is 6.04 Å². The van der Waals surface area contributed by atoms with Gasteiger partial charge in [0.25, 0.3) is 5.56 Å². The molecule has 2 aromatic carbocycles. The van der Waals surface area contributed by atoms with Gasteiger partial charge < -0.3 is 14.9 Å². The highest BCUT2D eigenvalue weighted by Crippen LogP contribution is 2.21. The number of halogens is 1. The van der Waals surface area contributed by atoms with Crippen molar-refractivity contribution in [2.45, 2.75) is 19.0 Å². The van der Waals surface area contributed by atoms with Gasteiger partial charge in [-0.1, -0.05) is 24.3 Å². The van der Waals surface area contributed by atoms with E-state index in [1.54, 1.807) is 47.3 Å². The molecule has 31 heavy (non-hydrogen) atoms. The fourth-order valence-electron chi connectivity index (χ4n) is 3.46. The van der Waals surface area contributed by atoms with Crippen LogP contribution in [0, 0.1) is 10.6 Å². The third-order valence-corrected chi connectivity index (χ3v) is 5.40. The number of para-hydroxylation sites is 1. The number of aromatic amines is 1. The van der Waals surface area contributed by atoms with Crippen LogP contribution in [-0.2, 0) is 18.4 Å². The van der Waals surface area contributed by atoms with E-state index in [9.17, 15) is 14.0 Å². The van der Waals surface area contributed by atoms with Crippen molar-refractivity contribution < 1.29 is 9.18 Å². The number of rotatable bonds is 6. The molecule has 0 aliphatic rings. The molecule has 0 fully saturated rings. The maximum atomic E-state index is 13.4. The molecule has 0 aliphatic heterocycles. The summed E-state index contributed by atoms with van der Waals surface area (Å²) in [4.78, 5) is 32.9. The molecule has 7 nitrogen and oxygen atoms in total. The topological polar surface area (TPSA) is 84.7 Å². The number of hydrogen-bond acceptors (Lipinski definition) is 4. The van der Waals surface area contributed by atoms with Crippen molar-refractivity contribution in [3.8, 4) is 0 Å². The highest BCUT2D eigenvalue weighted by Gasteiger charge is 2.21. The Morgan fingerprint density at radius 1 is 1.23 bits per heavy atom. The van der Waals surface area contributed by atoms with Gasteiger partial charge in [-0.3, -0.25) is 14.2 Å². The van der Waals surface area contributed by atoms with Gasteiger partial charge in [0.15, 0.2) is 4.77 Å². The third kappa shape index (κ3) is 4.31. The van der Waals surface area contributed by atoms with Crippen LogP contribution in [0.5, 0.6) is 0 Å². The highest BCUT2D eigenvalue weighted by molar-refractivity contribution is 7.71. The molecule has 0 aliphatic carbocycles. The van der Waals surface area contributed by atoms with Crippen molar-refractivity contribution in [2.75, 3.05) is 0 Å². The Balaban J connectivity index is 1.56. The van der Waals surface area contributed by atoms with E-state index in [-0.39, 0.29) is 35.0 Å². The number of amides is 1. The summed E-state index contributed by atoms with van der Waals surface area (Å²) >= 11 is 5.30. The summed E-state index contributed by atoms with van der Waals surface area (Å²) in [5.41, 5.74) is 1.11. The van der Waals surface area contributed by atoms with Gasteiger partial charge in [-0.15, -0.1) is 0 Å². The quantitative estimate of drug-likeness (QED) is 0.454. The monoisotopic (exact) mass is 437 g/mol. The Kier molecular flexibility index (Phi) is 5.77. The van der Waals surface area contributed by atoms with Gasteiger partial charge in [0.1, 0.15) is 17.7 Å². The van der Waals surface area contributed by atoms with Crippen LogP contribution in [0.3, 0.4) is 0 Å². The lowest BCUT2D eigenvalue weighted by molar-refractivity contribution is -0.121. The number of benzene rings is 2. The average Bonchev–Trinajstić information content (AvgIpc) is 3.18. The summed E-state index contributed by atoms with van der Waals surface area (Å²) in [6, 6.07) is 12.4. The molecule has 4 rings (SSSR count). The molecule has 2 heterocycles. The van der Waals surface area contributed by atoms with Gasteiger partial charge in [0, 0.05) is 32.4 Å². The van der Waals surface area contributed by atoms with Crippen LogP contribution in [0.1, 0.15) is 23.9 Å². The van der Waals surface area contributed by atoms with Gasteiger partial charge in [0.05, 0.1) is 10.9 Å². The standard InChI is InChI=1S/C22H20FN5O2S/c1-27-13-11-24-20(27)19(14-6-8-15(23)9-7-14)26-18(29)10-12-28-21(30)16-4-2-3-5-17(16)25-22(28)31/h2-9,11,13,19H,10,12H2,1H3,(H,25,31)(H,26,29)/t19-/m0/s1. The number of aromatic nitrogens is 4. The first-order valence-corrected chi connectivity index (χ1v) is 10.1. The largest absolute Gasteiger partial charge is 0.342 e. The smallest absolute Gasteiger partial charge is 0.262 e. The average molecular weight is 438 g/mol. The molecular formula is C22H20FN5O2S. The molecule has 9 heteroatoms. The number of carbonyl (C=O) groups excluding carboxylic acids is 1.